The Balaban J connectivity index is 0.754. The van der Waals surface area contributed by atoms with Crippen LogP contribution in [0, 0.1) is 5.41 Å². The third-order valence-electron chi connectivity index (χ3n) is 12.7. The second-order valence-electron chi connectivity index (χ2n) is 16.6. The van der Waals surface area contributed by atoms with E-state index in [1.807, 2.05) is 55.5 Å². The molecule has 2 aromatic carbocycles. The van der Waals surface area contributed by atoms with E-state index in [1.165, 1.54) is 9.13 Å². The van der Waals surface area contributed by atoms with Crippen molar-refractivity contribution in [2.24, 2.45) is 12.5 Å². The molecular weight excluding hydrogens is 843 g/mol. The Morgan fingerprint density at radius 1 is 0.918 bits per heavy atom. The normalized spacial score (nSPS) is 20.2. The number of piperidine rings is 2. The number of rotatable bonds is 9. The van der Waals surface area contributed by atoms with Crippen LogP contribution in [0.5, 0.6) is 5.75 Å². The van der Waals surface area contributed by atoms with Gasteiger partial charge in [-0.2, -0.15) is 5.10 Å². The van der Waals surface area contributed by atoms with Crippen molar-refractivity contribution >= 4 is 78.5 Å². The van der Waals surface area contributed by atoms with Crippen molar-refractivity contribution in [3.05, 3.63) is 93.2 Å². The zero-order valence-electron chi connectivity index (χ0n) is 33.3. The molecule has 19 heteroatoms. The third-order valence-corrected chi connectivity index (χ3v) is 15.6. The van der Waals surface area contributed by atoms with Crippen LogP contribution >= 0.6 is 23.2 Å². The summed E-state index contributed by atoms with van der Waals surface area (Å²) in [5.41, 5.74) is 4.77. The van der Waals surface area contributed by atoms with E-state index >= 15 is 0 Å². The molecule has 6 aromatic rings. The Morgan fingerprint density at radius 2 is 1.67 bits per heavy atom. The van der Waals surface area contributed by atoms with Gasteiger partial charge in [0, 0.05) is 93.3 Å². The standard InChI is InChI=1S/C42H42Cl2N10O6S/c1-24(37-29(43)18-45-19-30(37)44)60-26-7-8-31-28(16-26)38(49-48-31)25-6-10-35(46-17-25)52-20-42(21-52)22-53(23-42)61(58,59)27-12-14-51(15-13-27)32-4-3-5-33-39(32)50(2)41(57)54(33)34-9-11-36(55)47-40(34)56/h3-8,10,16-19,24,27,34H,9,11-15,20-23H2,1-2H3,(H,48,49)(H,47,55,56)/t24-,34?/m1/s1. The fraction of sp³-hybridized carbons (Fsp3) is 0.381. The number of para-hydroxylation sites is 1. The molecule has 4 fully saturated rings. The molecular formula is C42H42Cl2N10O6S. The molecule has 0 radical (unpaired) electrons. The number of sulfonamides is 1. The number of hydrogen-bond acceptors (Lipinski definition) is 11. The number of carbonyl (C=O) groups excluding carboxylic acids is 2. The molecule has 16 nitrogen and oxygen atoms in total. The summed E-state index contributed by atoms with van der Waals surface area (Å²) in [6.45, 7) is 5.32. The lowest BCUT2D eigenvalue weighted by atomic mass is 9.74. The van der Waals surface area contributed by atoms with Gasteiger partial charge in [0.15, 0.2) is 0 Å². The lowest BCUT2D eigenvalue weighted by Gasteiger charge is -2.60. The number of benzene rings is 2. The number of nitrogens with zero attached hydrogens (tertiary/aromatic N) is 8. The van der Waals surface area contributed by atoms with Crippen molar-refractivity contribution in [1.82, 2.24) is 38.9 Å². The number of aromatic amines is 1. The summed E-state index contributed by atoms with van der Waals surface area (Å²) in [6.07, 6.45) is 5.81. The number of nitrogens with one attached hydrogen (secondary N) is 2. The van der Waals surface area contributed by atoms with Gasteiger partial charge in [0.1, 0.15) is 29.4 Å². The topological polar surface area (TPSA) is 181 Å². The first-order valence-electron chi connectivity index (χ1n) is 20.2. The number of halogens is 2. The van der Waals surface area contributed by atoms with Crippen molar-refractivity contribution in [3.63, 3.8) is 0 Å². The molecule has 0 saturated carbocycles. The maximum atomic E-state index is 13.9. The number of anilines is 2. The monoisotopic (exact) mass is 884 g/mol. The van der Waals surface area contributed by atoms with Gasteiger partial charge in [-0.1, -0.05) is 29.3 Å². The number of ether oxygens (including phenoxy) is 1. The minimum atomic E-state index is -3.51. The van der Waals surface area contributed by atoms with Crippen LogP contribution in [0.1, 0.15) is 50.3 Å². The summed E-state index contributed by atoms with van der Waals surface area (Å²) in [5.74, 6) is 0.633. The van der Waals surface area contributed by atoms with E-state index in [-0.39, 0.29) is 29.9 Å². The highest BCUT2D eigenvalue weighted by atomic mass is 35.5. The predicted octanol–water partition coefficient (Wildman–Crippen LogP) is 5.22. The lowest BCUT2D eigenvalue weighted by molar-refractivity contribution is -0.135. The molecule has 1 unspecified atom stereocenters. The van der Waals surface area contributed by atoms with Crippen LogP contribution in [-0.4, -0.2) is 98.4 Å². The van der Waals surface area contributed by atoms with Gasteiger partial charge in [-0.3, -0.25) is 34.1 Å². The Labute approximate surface area is 360 Å². The van der Waals surface area contributed by atoms with Crippen LogP contribution in [-0.2, 0) is 26.7 Å². The number of amides is 2. The highest BCUT2D eigenvalue weighted by Crippen LogP contribution is 2.44. The molecule has 2 amide bonds. The number of carbonyl (C=O) groups is 2. The van der Waals surface area contributed by atoms with Gasteiger partial charge in [-0.25, -0.2) is 22.5 Å². The molecule has 2 N–H and O–H groups in total. The molecule has 4 aliphatic rings. The zero-order chi connectivity index (χ0) is 42.4. The van der Waals surface area contributed by atoms with Gasteiger partial charge in [0.2, 0.25) is 21.8 Å². The van der Waals surface area contributed by atoms with E-state index in [1.54, 1.807) is 29.9 Å². The summed E-state index contributed by atoms with van der Waals surface area (Å²) >= 11 is 12.7. The zero-order valence-corrected chi connectivity index (χ0v) is 35.7. The predicted molar refractivity (Wildman–Crippen MR) is 232 cm³/mol. The summed E-state index contributed by atoms with van der Waals surface area (Å²) in [5, 5.41) is 11.3. The van der Waals surface area contributed by atoms with Crippen molar-refractivity contribution in [3.8, 4) is 17.0 Å². The Kier molecular flexibility index (Phi) is 9.65. The van der Waals surface area contributed by atoms with Crippen molar-refractivity contribution in [2.45, 2.75) is 50.0 Å². The van der Waals surface area contributed by atoms with Crippen LogP contribution in [0.25, 0.3) is 33.2 Å². The third kappa shape index (κ3) is 6.72. The highest BCUT2D eigenvalue weighted by Gasteiger charge is 2.56. The van der Waals surface area contributed by atoms with Gasteiger partial charge < -0.3 is 14.5 Å². The minimum absolute atomic E-state index is 0.0963. The Morgan fingerprint density at radius 3 is 2.38 bits per heavy atom. The average molecular weight is 886 g/mol. The second kappa shape index (κ2) is 14.9. The van der Waals surface area contributed by atoms with E-state index in [2.05, 4.69) is 30.3 Å². The molecule has 4 aliphatic heterocycles. The van der Waals surface area contributed by atoms with E-state index < -0.39 is 33.3 Å². The molecule has 10 rings (SSSR count). The lowest BCUT2D eigenvalue weighted by Crippen LogP contribution is -2.73. The summed E-state index contributed by atoms with van der Waals surface area (Å²) in [6, 6.07) is 14.5. The first kappa shape index (κ1) is 39.6. The number of H-pyrrole nitrogens is 1. The first-order chi connectivity index (χ1) is 29.3. The molecule has 4 saturated heterocycles. The number of fused-ring (bicyclic) bond motifs is 2. The number of aromatic nitrogens is 6. The SMILES string of the molecule is C[C@@H](Oc1ccc2[nH]nc(-c3ccc(N4CC5(C4)CN(S(=O)(=O)C4CCN(c6cccc7c6n(C)c(=O)n7C6CCC(=O)NC6=O)CC4)C5)nc3)c2c1)c1c(Cl)cncc1Cl. The fourth-order valence-corrected chi connectivity index (χ4v) is 12.4. The molecule has 61 heavy (non-hydrogen) atoms. The molecule has 1 spiro atoms. The van der Waals surface area contributed by atoms with Crippen LogP contribution < -0.4 is 25.5 Å². The van der Waals surface area contributed by atoms with Crippen LogP contribution in [0.2, 0.25) is 10.0 Å². The van der Waals surface area contributed by atoms with Crippen LogP contribution in [0.4, 0.5) is 11.5 Å². The van der Waals surface area contributed by atoms with Gasteiger partial charge in [-0.05, 0) is 68.7 Å². The quantitative estimate of drug-likeness (QED) is 0.182. The maximum Gasteiger partial charge on any atom is 0.329 e. The number of aryl methyl sites for hydroxylation is 1. The number of imidazole rings is 1. The Bertz CT molecular complexity index is 2890. The fourth-order valence-electron chi connectivity index (χ4n) is 9.59. The Hall–Kier alpha value is -5.49. The van der Waals surface area contributed by atoms with E-state index in [0.29, 0.717) is 71.4 Å². The second-order valence-corrected chi connectivity index (χ2v) is 19.7. The van der Waals surface area contributed by atoms with Crippen LogP contribution in [0.3, 0.4) is 0 Å². The van der Waals surface area contributed by atoms with Crippen molar-refractivity contribution in [2.75, 3.05) is 49.1 Å². The molecule has 316 valence electrons. The number of hydrogen-bond donors (Lipinski definition) is 2. The molecule has 0 bridgehead atoms. The summed E-state index contributed by atoms with van der Waals surface area (Å²) in [7, 11) is -1.83. The van der Waals surface area contributed by atoms with E-state index in [0.717, 1.165) is 46.8 Å². The minimum Gasteiger partial charge on any atom is -0.486 e. The molecule has 8 heterocycles. The maximum absolute atomic E-state index is 13.9. The van der Waals surface area contributed by atoms with Gasteiger partial charge in [0.25, 0.3) is 0 Å². The number of pyridine rings is 2. The molecule has 2 atom stereocenters. The van der Waals surface area contributed by atoms with Crippen LogP contribution in [0.15, 0.2) is 71.9 Å². The molecule has 4 aromatic heterocycles. The highest BCUT2D eigenvalue weighted by molar-refractivity contribution is 7.89. The largest absolute Gasteiger partial charge is 0.486 e. The summed E-state index contributed by atoms with van der Waals surface area (Å²) < 4.78 is 38.7. The molecule has 0 aliphatic carbocycles. The smallest absolute Gasteiger partial charge is 0.329 e. The van der Waals surface area contributed by atoms with Gasteiger partial charge in [-0.15, -0.1) is 0 Å². The van der Waals surface area contributed by atoms with E-state index in [9.17, 15) is 22.8 Å². The van der Waals surface area contributed by atoms with Crippen molar-refractivity contribution < 1.29 is 22.7 Å². The van der Waals surface area contributed by atoms with E-state index in [4.69, 9.17) is 32.9 Å². The van der Waals surface area contributed by atoms with Crippen molar-refractivity contribution in [1.29, 1.82) is 0 Å². The first-order valence-corrected chi connectivity index (χ1v) is 22.5. The average Bonchev–Trinajstić information content (AvgIpc) is 3.74. The summed E-state index contributed by atoms with van der Waals surface area (Å²) in [4.78, 5) is 51.0. The number of imide groups is 1. The van der Waals surface area contributed by atoms with Gasteiger partial charge in [0.05, 0.1) is 37.5 Å². The van der Waals surface area contributed by atoms with Gasteiger partial charge >= 0.3 is 5.69 Å².